The Morgan fingerprint density at radius 3 is 2.82 bits per heavy atom. The molecule has 1 aliphatic heterocycles. The molecule has 3 aliphatic rings. The first-order valence-corrected chi connectivity index (χ1v) is 4.12. The standard InChI is InChI=1S/C8H9FO2/c9-7-3-1-4-6(7)5(2-3)11-8(4)10/h3-7H,1-2H2/t3-,4-,5+,6-,7-/m0/s1. The molecule has 60 valence electrons. The van der Waals surface area contributed by atoms with Gasteiger partial charge in [-0.3, -0.25) is 4.79 Å². The maximum Gasteiger partial charge on any atom is 0.309 e. The Morgan fingerprint density at radius 2 is 2.27 bits per heavy atom. The van der Waals surface area contributed by atoms with Crippen LogP contribution in [-0.4, -0.2) is 18.2 Å². The quantitative estimate of drug-likeness (QED) is 0.487. The topological polar surface area (TPSA) is 26.3 Å². The average Bonchev–Trinajstić information content (AvgIpc) is 2.47. The highest BCUT2D eigenvalue weighted by atomic mass is 19.1. The molecule has 3 heteroatoms. The average molecular weight is 156 g/mol. The van der Waals surface area contributed by atoms with Crippen LogP contribution >= 0.6 is 0 Å². The van der Waals surface area contributed by atoms with Gasteiger partial charge in [0.1, 0.15) is 12.3 Å². The predicted molar refractivity (Wildman–Crippen MR) is 34.5 cm³/mol. The normalized spacial score (nSPS) is 58.6. The molecule has 2 nitrogen and oxygen atoms in total. The molecule has 0 radical (unpaired) electrons. The number of alkyl halides is 1. The summed E-state index contributed by atoms with van der Waals surface area (Å²) in [6.07, 6.45) is 0.688. The summed E-state index contributed by atoms with van der Waals surface area (Å²) in [5, 5.41) is 0. The van der Waals surface area contributed by atoms with Crippen LogP contribution < -0.4 is 0 Å². The minimum Gasteiger partial charge on any atom is -0.462 e. The van der Waals surface area contributed by atoms with Crippen LogP contribution in [0.3, 0.4) is 0 Å². The van der Waals surface area contributed by atoms with Gasteiger partial charge in [-0.15, -0.1) is 0 Å². The van der Waals surface area contributed by atoms with Crippen LogP contribution in [0, 0.1) is 17.8 Å². The summed E-state index contributed by atoms with van der Waals surface area (Å²) in [5.74, 6) is -0.189. The van der Waals surface area contributed by atoms with Gasteiger partial charge in [0.15, 0.2) is 0 Å². The zero-order valence-corrected chi connectivity index (χ0v) is 6.00. The monoisotopic (exact) mass is 156 g/mol. The number of hydrogen-bond acceptors (Lipinski definition) is 2. The number of fused-ring (bicyclic) bond motifs is 1. The van der Waals surface area contributed by atoms with E-state index in [0.717, 1.165) is 12.8 Å². The summed E-state index contributed by atoms with van der Waals surface area (Å²) in [7, 11) is 0. The SMILES string of the molecule is O=C1O[C@@H]2C[C@@H]3C[C@H]1[C@@H]2[C@H]3F. The van der Waals surface area contributed by atoms with Gasteiger partial charge in [0.25, 0.3) is 0 Å². The molecule has 0 aromatic carbocycles. The van der Waals surface area contributed by atoms with Crippen LogP contribution in [0.5, 0.6) is 0 Å². The van der Waals surface area contributed by atoms with Crippen molar-refractivity contribution in [3.8, 4) is 0 Å². The van der Waals surface area contributed by atoms with Crippen LogP contribution in [0.15, 0.2) is 0 Å². The van der Waals surface area contributed by atoms with Gasteiger partial charge in [-0.25, -0.2) is 4.39 Å². The molecule has 2 bridgehead atoms. The highest BCUT2D eigenvalue weighted by Gasteiger charge is 2.62. The maximum atomic E-state index is 13.3. The van der Waals surface area contributed by atoms with Crippen molar-refractivity contribution in [2.45, 2.75) is 25.1 Å². The molecule has 2 saturated carbocycles. The first kappa shape index (κ1) is 5.98. The largest absolute Gasteiger partial charge is 0.462 e. The number of halogens is 1. The lowest BCUT2D eigenvalue weighted by Crippen LogP contribution is -2.18. The molecule has 0 N–H and O–H groups in total. The van der Waals surface area contributed by atoms with E-state index < -0.39 is 6.17 Å². The Kier molecular flexibility index (Phi) is 0.866. The lowest BCUT2D eigenvalue weighted by atomic mass is 9.90. The maximum absolute atomic E-state index is 13.3. The van der Waals surface area contributed by atoms with E-state index in [2.05, 4.69) is 0 Å². The summed E-state index contributed by atoms with van der Waals surface area (Å²) in [6, 6.07) is 0. The van der Waals surface area contributed by atoms with E-state index in [9.17, 15) is 9.18 Å². The van der Waals surface area contributed by atoms with E-state index in [1.807, 2.05) is 0 Å². The molecule has 0 spiro atoms. The zero-order chi connectivity index (χ0) is 7.59. The molecule has 1 heterocycles. The third-order valence-electron chi connectivity index (χ3n) is 3.37. The number of carbonyl (C=O) groups is 1. The molecule has 0 amide bonds. The van der Waals surface area contributed by atoms with E-state index >= 15 is 0 Å². The molecule has 11 heavy (non-hydrogen) atoms. The second-order valence-corrected chi connectivity index (χ2v) is 3.84. The van der Waals surface area contributed by atoms with Crippen molar-refractivity contribution in [1.29, 1.82) is 0 Å². The van der Waals surface area contributed by atoms with Crippen molar-refractivity contribution >= 4 is 5.97 Å². The van der Waals surface area contributed by atoms with Crippen LogP contribution in [0.25, 0.3) is 0 Å². The van der Waals surface area contributed by atoms with Gasteiger partial charge in [0.05, 0.1) is 5.92 Å². The van der Waals surface area contributed by atoms with Crippen LogP contribution in [0.1, 0.15) is 12.8 Å². The van der Waals surface area contributed by atoms with Crippen molar-refractivity contribution in [1.82, 2.24) is 0 Å². The lowest BCUT2D eigenvalue weighted by molar-refractivity contribution is -0.143. The second-order valence-electron chi connectivity index (χ2n) is 3.84. The Labute approximate surface area is 63.7 Å². The van der Waals surface area contributed by atoms with Crippen LogP contribution in [0.2, 0.25) is 0 Å². The third-order valence-corrected chi connectivity index (χ3v) is 3.37. The summed E-state index contributed by atoms with van der Waals surface area (Å²) in [6.45, 7) is 0. The molecule has 5 atom stereocenters. The molecule has 0 aromatic heterocycles. The zero-order valence-electron chi connectivity index (χ0n) is 6.00. The van der Waals surface area contributed by atoms with E-state index in [4.69, 9.17) is 4.74 Å². The highest BCUT2D eigenvalue weighted by Crippen LogP contribution is 2.55. The van der Waals surface area contributed by atoms with Gasteiger partial charge in [0.2, 0.25) is 0 Å². The number of carbonyl (C=O) groups excluding carboxylic acids is 1. The van der Waals surface area contributed by atoms with E-state index in [1.165, 1.54) is 0 Å². The van der Waals surface area contributed by atoms with E-state index in [-0.39, 0.29) is 29.8 Å². The molecular formula is C8H9FO2. The molecule has 3 fully saturated rings. The third kappa shape index (κ3) is 0.522. The Balaban J connectivity index is 2.05. The summed E-state index contributed by atoms with van der Waals surface area (Å²) in [5.41, 5.74) is 0. The Hall–Kier alpha value is -0.600. The Morgan fingerprint density at radius 1 is 1.45 bits per heavy atom. The minimum atomic E-state index is -0.753. The van der Waals surface area contributed by atoms with Crippen molar-refractivity contribution in [2.75, 3.05) is 0 Å². The fourth-order valence-corrected chi connectivity index (χ4v) is 2.91. The number of ether oxygens (including phenoxy) is 1. The van der Waals surface area contributed by atoms with Gasteiger partial charge in [-0.1, -0.05) is 0 Å². The first-order valence-electron chi connectivity index (χ1n) is 4.12. The highest BCUT2D eigenvalue weighted by molar-refractivity contribution is 5.76. The van der Waals surface area contributed by atoms with E-state index in [1.54, 1.807) is 0 Å². The predicted octanol–water partition coefficient (Wildman–Crippen LogP) is 0.906. The van der Waals surface area contributed by atoms with Crippen molar-refractivity contribution in [3.05, 3.63) is 0 Å². The molecule has 2 aliphatic carbocycles. The lowest BCUT2D eigenvalue weighted by Gasteiger charge is -2.10. The van der Waals surface area contributed by atoms with Gasteiger partial charge >= 0.3 is 5.97 Å². The van der Waals surface area contributed by atoms with Gasteiger partial charge in [0, 0.05) is 5.92 Å². The van der Waals surface area contributed by atoms with Crippen LogP contribution in [0.4, 0.5) is 4.39 Å². The summed E-state index contributed by atoms with van der Waals surface area (Å²) in [4.78, 5) is 11.0. The molecule has 1 saturated heterocycles. The summed E-state index contributed by atoms with van der Waals surface area (Å²) >= 11 is 0. The van der Waals surface area contributed by atoms with Gasteiger partial charge in [-0.2, -0.15) is 0 Å². The number of esters is 1. The molecule has 0 aromatic rings. The fourth-order valence-electron chi connectivity index (χ4n) is 2.91. The summed E-state index contributed by atoms with van der Waals surface area (Å²) < 4.78 is 18.3. The second kappa shape index (κ2) is 1.59. The van der Waals surface area contributed by atoms with E-state index in [0.29, 0.717) is 0 Å². The van der Waals surface area contributed by atoms with Crippen molar-refractivity contribution < 1.29 is 13.9 Å². The fraction of sp³-hybridized carbons (Fsp3) is 0.875. The first-order chi connectivity index (χ1) is 5.27. The van der Waals surface area contributed by atoms with Crippen molar-refractivity contribution in [3.63, 3.8) is 0 Å². The molecule has 0 unspecified atom stereocenters. The smallest absolute Gasteiger partial charge is 0.309 e. The molecule has 3 rings (SSSR count). The van der Waals surface area contributed by atoms with Gasteiger partial charge in [-0.05, 0) is 18.8 Å². The minimum absolute atomic E-state index is 0.0683. The van der Waals surface area contributed by atoms with Gasteiger partial charge < -0.3 is 4.74 Å². The number of hydrogen-bond donors (Lipinski definition) is 0. The van der Waals surface area contributed by atoms with Crippen molar-refractivity contribution in [2.24, 2.45) is 17.8 Å². The number of rotatable bonds is 0. The Bertz CT molecular complexity index is 228. The molecular weight excluding hydrogens is 147 g/mol. The van der Waals surface area contributed by atoms with Crippen LogP contribution in [-0.2, 0) is 9.53 Å².